The number of anilines is 3. The van der Waals surface area contributed by atoms with E-state index in [2.05, 4.69) is 30.6 Å². The molecule has 0 amide bonds. The summed E-state index contributed by atoms with van der Waals surface area (Å²) in [4.78, 5) is 16.9. The Bertz CT molecular complexity index is 1050. The van der Waals surface area contributed by atoms with Gasteiger partial charge in [-0.25, -0.2) is 15.0 Å². The van der Waals surface area contributed by atoms with Crippen molar-refractivity contribution in [1.29, 1.82) is 0 Å². The van der Waals surface area contributed by atoms with Crippen molar-refractivity contribution >= 4 is 17.3 Å². The van der Waals surface area contributed by atoms with Crippen LogP contribution in [0, 0.1) is 0 Å². The third-order valence-corrected chi connectivity index (χ3v) is 4.48. The predicted octanol–water partition coefficient (Wildman–Crippen LogP) is 5.39. The molecule has 0 atom stereocenters. The minimum absolute atomic E-state index is 0.0497. The lowest BCUT2D eigenvalue weighted by Gasteiger charge is -2.14. The summed E-state index contributed by atoms with van der Waals surface area (Å²) < 4.78 is 39.2. The van der Waals surface area contributed by atoms with E-state index in [0.717, 1.165) is 30.3 Å². The molecule has 9 heteroatoms. The number of pyridine rings is 2. The summed E-state index contributed by atoms with van der Waals surface area (Å²) in [6.07, 6.45) is -0.531. The van der Waals surface area contributed by atoms with Crippen LogP contribution in [0.1, 0.15) is 44.0 Å². The second-order valence-corrected chi connectivity index (χ2v) is 7.54. The molecule has 3 aromatic rings. The maximum atomic E-state index is 13.1. The van der Waals surface area contributed by atoms with Gasteiger partial charge in [-0.2, -0.15) is 13.2 Å². The molecule has 0 bridgehead atoms. The fourth-order valence-electron chi connectivity index (χ4n) is 2.99. The first-order chi connectivity index (χ1) is 14.3. The van der Waals surface area contributed by atoms with Crippen molar-refractivity contribution in [3.05, 3.63) is 54.0 Å². The van der Waals surface area contributed by atoms with Gasteiger partial charge >= 0.3 is 6.18 Å². The highest BCUT2D eigenvalue weighted by molar-refractivity contribution is 5.64. The molecule has 0 aliphatic heterocycles. The molecule has 3 aromatic heterocycles. The van der Waals surface area contributed by atoms with Crippen molar-refractivity contribution in [3.8, 4) is 11.5 Å². The van der Waals surface area contributed by atoms with Gasteiger partial charge in [0.25, 0.3) is 0 Å². The first-order valence-corrected chi connectivity index (χ1v) is 9.71. The molecule has 4 rings (SSSR count). The van der Waals surface area contributed by atoms with Crippen LogP contribution in [0.15, 0.2) is 42.6 Å². The Morgan fingerprint density at radius 3 is 2.47 bits per heavy atom. The third-order valence-electron chi connectivity index (χ3n) is 4.48. The summed E-state index contributed by atoms with van der Waals surface area (Å²) in [5.74, 6) is 1.55. The molecule has 6 nitrogen and oxygen atoms in total. The molecule has 30 heavy (non-hydrogen) atoms. The lowest BCUT2D eigenvalue weighted by atomic mass is 10.2. The summed E-state index contributed by atoms with van der Waals surface area (Å²) in [5.41, 5.74) is 0.899. The van der Waals surface area contributed by atoms with Gasteiger partial charge in [-0.3, -0.25) is 4.98 Å². The number of alkyl halides is 3. The summed E-state index contributed by atoms with van der Waals surface area (Å²) >= 11 is 0. The molecule has 0 aromatic carbocycles. The van der Waals surface area contributed by atoms with Crippen molar-refractivity contribution in [2.24, 2.45) is 0 Å². The van der Waals surface area contributed by atoms with Crippen LogP contribution < -0.4 is 10.6 Å². The second kappa shape index (κ2) is 7.89. The molecule has 0 spiro atoms. The summed E-state index contributed by atoms with van der Waals surface area (Å²) in [6, 6.07) is 9.28. The fraction of sp³-hybridized carbons (Fsp3) is 0.333. The topological polar surface area (TPSA) is 75.6 Å². The highest BCUT2D eigenvalue weighted by Gasteiger charge is 2.32. The van der Waals surface area contributed by atoms with Crippen molar-refractivity contribution in [2.75, 3.05) is 10.6 Å². The highest BCUT2D eigenvalue weighted by atomic mass is 19.4. The van der Waals surface area contributed by atoms with Crippen molar-refractivity contribution < 1.29 is 13.2 Å². The van der Waals surface area contributed by atoms with E-state index in [-0.39, 0.29) is 17.6 Å². The monoisotopic (exact) mass is 414 g/mol. The Balaban J connectivity index is 1.70. The number of halogens is 3. The number of rotatable bonds is 6. The van der Waals surface area contributed by atoms with Crippen LogP contribution >= 0.6 is 0 Å². The van der Waals surface area contributed by atoms with Crippen LogP contribution in [-0.2, 0) is 6.18 Å². The zero-order chi connectivity index (χ0) is 21.3. The quantitative estimate of drug-likeness (QED) is 0.563. The van der Waals surface area contributed by atoms with Crippen molar-refractivity contribution in [1.82, 2.24) is 19.9 Å². The number of aromatic nitrogens is 4. The van der Waals surface area contributed by atoms with E-state index >= 15 is 0 Å². The van der Waals surface area contributed by atoms with E-state index in [1.807, 2.05) is 26.0 Å². The summed E-state index contributed by atoms with van der Waals surface area (Å²) in [5, 5.41) is 6.39. The first kappa shape index (κ1) is 20.1. The SMILES string of the molecule is CC(C)Nc1cc(Nc2ccnc(C3CC3)c2)nc(-c2cccc(C(F)(F)F)n2)n1. The van der Waals surface area contributed by atoms with Crippen LogP contribution in [0.25, 0.3) is 11.5 Å². The highest BCUT2D eigenvalue weighted by Crippen LogP contribution is 2.39. The molecule has 0 radical (unpaired) electrons. The van der Waals surface area contributed by atoms with Crippen LogP contribution in [0.5, 0.6) is 0 Å². The van der Waals surface area contributed by atoms with Crippen molar-refractivity contribution in [3.63, 3.8) is 0 Å². The fourth-order valence-corrected chi connectivity index (χ4v) is 2.99. The van der Waals surface area contributed by atoms with Crippen LogP contribution in [0.4, 0.5) is 30.5 Å². The molecule has 3 heterocycles. The Labute approximate surface area is 172 Å². The van der Waals surface area contributed by atoms with Crippen LogP contribution in [0.3, 0.4) is 0 Å². The van der Waals surface area contributed by atoms with E-state index in [1.54, 1.807) is 12.3 Å². The minimum Gasteiger partial charge on any atom is -0.368 e. The lowest BCUT2D eigenvalue weighted by molar-refractivity contribution is -0.141. The van der Waals surface area contributed by atoms with E-state index < -0.39 is 11.9 Å². The summed E-state index contributed by atoms with van der Waals surface area (Å²) in [7, 11) is 0. The Kier molecular flexibility index (Phi) is 5.27. The van der Waals surface area contributed by atoms with Gasteiger partial charge in [-0.05, 0) is 51.0 Å². The maximum absolute atomic E-state index is 13.1. The molecule has 1 saturated carbocycles. The second-order valence-electron chi connectivity index (χ2n) is 7.54. The standard InChI is InChI=1S/C21H21F3N6/c1-12(2)26-18-11-19(27-14-8-9-25-16(10-14)13-6-7-13)30-20(29-18)15-4-3-5-17(28-15)21(22,23)24/h3-5,8-13H,6-7H2,1-2H3,(H2,25,26,27,29,30). The van der Waals surface area contributed by atoms with Gasteiger partial charge in [0, 0.05) is 35.6 Å². The van der Waals surface area contributed by atoms with Gasteiger partial charge in [0.1, 0.15) is 23.0 Å². The zero-order valence-electron chi connectivity index (χ0n) is 16.5. The lowest BCUT2D eigenvalue weighted by Crippen LogP contribution is -2.13. The van der Waals surface area contributed by atoms with Gasteiger partial charge in [-0.1, -0.05) is 6.07 Å². The van der Waals surface area contributed by atoms with Crippen LogP contribution in [-0.4, -0.2) is 26.0 Å². The number of hydrogen-bond acceptors (Lipinski definition) is 6. The van der Waals surface area contributed by atoms with Gasteiger partial charge < -0.3 is 10.6 Å². The molecule has 156 valence electrons. The molecule has 1 aliphatic carbocycles. The molecule has 2 N–H and O–H groups in total. The third kappa shape index (κ3) is 4.84. The van der Waals surface area contributed by atoms with Crippen molar-refractivity contribution in [2.45, 2.75) is 44.8 Å². The van der Waals surface area contributed by atoms with E-state index in [4.69, 9.17) is 0 Å². The zero-order valence-corrected chi connectivity index (χ0v) is 16.5. The Morgan fingerprint density at radius 2 is 1.77 bits per heavy atom. The summed E-state index contributed by atoms with van der Waals surface area (Å²) in [6.45, 7) is 3.89. The maximum Gasteiger partial charge on any atom is 0.433 e. The van der Waals surface area contributed by atoms with Gasteiger partial charge in [0.15, 0.2) is 5.82 Å². The van der Waals surface area contributed by atoms with Crippen LogP contribution in [0.2, 0.25) is 0 Å². The Hall–Kier alpha value is -3.23. The average Bonchev–Trinajstić information content (AvgIpc) is 3.52. The molecular formula is C21H21F3N6. The molecule has 1 fully saturated rings. The molecule has 0 saturated heterocycles. The number of nitrogens with zero attached hydrogens (tertiary/aromatic N) is 4. The Morgan fingerprint density at radius 1 is 1.00 bits per heavy atom. The van der Waals surface area contributed by atoms with E-state index in [0.29, 0.717) is 17.6 Å². The molecule has 1 aliphatic rings. The van der Waals surface area contributed by atoms with E-state index in [1.165, 1.54) is 12.1 Å². The first-order valence-electron chi connectivity index (χ1n) is 9.71. The normalized spacial score (nSPS) is 14.1. The van der Waals surface area contributed by atoms with Gasteiger partial charge in [0.2, 0.25) is 0 Å². The van der Waals surface area contributed by atoms with Gasteiger partial charge in [-0.15, -0.1) is 0 Å². The molecule has 0 unspecified atom stereocenters. The predicted molar refractivity (Wildman–Crippen MR) is 109 cm³/mol. The largest absolute Gasteiger partial charge is 0.433 e. The number of nitrogens with one attached hydrogen (secondary N) is 2. The smallest absolute Gasteiger partial charge is 0.368 e. The minimum atomic E-state index is -4.54. The van der Waals surface area contributed by atoms with Gasteiger partial charge in [0.05, 0.1) is 0 Å². The average molecular weight is 414 g/mol. The van der Waals surface area contributed by atoms with E-state index in [9.17, 15) is 13.2 Å². The number of hydrogen-bond donors (Lipinski definition) is 2. The molecular weight excluding hydrogens is 393 g/mol.